The highest BCUT2D eigenvalue weighted by molar-refractivity contribution is 5.45. The molecule has 3 heteroatoms. The minimum absolute atomic E-state index is 0.151. The second-order valence-electron chi connectivity index (χ2n) is 6.24. The molecule has 0 fully saturated rings. The molecule has 0 spiro atoms. The molecule has 2 rings (SSSR count). The molecule has 1 aromatic heterocycles. The van der Waals surface area contributed by atoms with Crippen LogP contribution < -0.4 is 10.1 Å². The number of rotatable bonds is 4. The number of ether oxygens (including phenoxy) is 1. The molecular formula is C18H24N2O. The average Bonchev–Trinajstić information content (AvgIpc) is 2.41. The molecule has 1 N–H and O–H groups in total. The van der Waals surface area contributed by atoms with Crippen LogP contribution in [0.3, 0.4) is 0 Å². The van der Waals surface area contributed by atoms with Gasteiger partial charge in [-0.3, -0.25) is 0 Å². The molecule has 0 unspecified atom stereocenters. The highest BCUT2D eigenvalue weighted by Gasteiger charge is 2.15. The number of hydrogen-bond acceptors (Lipinski definition) is 3. The number of pyridine rings is 1. The quantitative estimate of drug-likeness (QED) is 0.866. The maximum absolute atomic E-state index is 5.98. The number of anilines is 1. The predicted molar refractivity (Wildman–Crippen MR) is 88.4 cm³/mol. The van der Waals surface area contributed by atoms with Gasteiger partial charge in [0.15, 0.2) is 0 Å². The summed E-state index contributed by atoms with van der Waals surface area (Å²) in [5.41, 5.74) is 2.61. The van der Waals surface area contributed by atoms with Gasteiger partial charge < -0.3 is 10.1 Å². The number of benzene rings is 1. The van der Waals surface area contributed by atoms with Crippen molar-refractivity contribution in [1.82, 2.24) is 4.98 Å². The molecule has 21 heavy (non-hydrogen) atoms. The number of aromatic nitrogens is 1. The first kappa shape index (κ1) is 15.4. The molecule has 2 aromatic rings. The van der Waals surface area contributed by atoms with E-state index in [4.69, 9.17) is 4.74 Å². The molecule has 0 aliphatic heterocycles. The van der Waals surface area contributed by atoms with Gasteiger partial charge in [-0.15, -0.1) is 0 Å². The van der Waals surface area contributed by atoms with Crippen molar-refractivity contribution in [1.29, 1.82) is 0 Å². The second kappa shape index (κ2) is 6.17. The molecule has 1 heterocycles. The van der Waals surface area contributed by atoms with Crippen molar-refractivity contribution in [3.05, 3.63) is 47.7 Å². The van der Waals surface area contributed by atoms with E-state index in [0.29, 0.717) is 0 Å². The van der Waals surface area contributed by atoms with Gasteiger partial charge >= 0.3 is 0 Å². The van der Waals surface area contributed by atoms with E-state index in [1.165, 1.54) is 5.56 Å². The van der Waals surface area contributed by atoms with Gasteiger partial charge in [0.25, 0.3) is 0 Å². The zero-order valence-electron chi connectivity index (χ0n) is 13.5. The Morgan fingerprint density at radius 3 is 2.52 bits per heavy atom. The lowest BCUT2D eigenvalue weighted by atomic mass is 9.86. The van der Waals surface area contributed by atoms with Crippen molar-refractivity contribution >= 4 is 5.82 Å². The lowest BCUT2D eigenvalue weighted by Crippen LogP contribution is -2.11. The molecule has 0 radical (unpaired) electrons. The molecule has 0 aliphatic rings. The summed E-state index contributed by atoms with van der Waals surface area (Å²) < 4.78 is 5.98. The highest BCUT2D eigenvalue weighted by atomic mass is 16.5. The smallest absolute Gasteiger partial charge is 0.132 e. The molecule has 0 aliphatic carbocycles. The van der Waals surface area contributed by atoms with Crippen LogP contribution in [0.4, 0.5) is 5.82 Å². The zero-order chi connectivity index (χ0) is 15.5. The molecular weight excluding hydrogens is 260 g/mol. The van der Waals surface area contributed by atoms with E-state index in [1.54, 1.807) is 6.20 Å². The zero-order valence-corrected chi connectivity index (χ0v) is 13.5. The van der Waals surface area contributed by atoms with Crippen molar-refractivity contribution in [2.45, 2.75) is 40.0 Å². The minimum atomic E-state index is 0.151. The van der Waals surface area contributed by atoms with Crippen LogP contribution in [0.2, 0.25) is 0 Å². The summed E-state index contributed by atoms with van der Waals surface area (Å²) in [5.74, 6) is 2.52. The first-order valence-electron chi connectivity index (χ1n) is 7.39. The summed E-state index contributed by atoms with van der Waals surface area (Å²) >= 11 is 0. The van der Waals surface area contributed by atoms with Crippen LogP contribution in [0.25, 0.3) is 0 Å². The molecule has 0 bridgehead atoms. The largest absolute Gasteiger partial charge is 0.457 e. The number of hydrogen-bond donors (Lipinski definition) is 1. The van der Waals surface area contributed by atoms with Gasteiger partial charge in [0.2, 0.25) is 0 Å². The minimum Gasteiger partial charge on any atom is -0.457 e. The van der Waals surface area contributed by atoms with E-state index in [9.17, 15) is 0 Å². The molecule has 0 saturated heterocycles. The van der Waals surface area contributed by atoms with Gasteiger partial charge in [-0.1, -0.05) is 32.9 Å². The van der Waals surface area contributed by atoms with Crippen LogP contribution >= 0.6 is 0 Å². The maximum atomic E-state index is 5.98. The SMILES string of the molecule is CCNc1cc(Oc2ccc(C(C)(C)C)cc2C)ccn1. The van der Waals surface area contributed by atoms with E-state index in [1.807, 2.05) is 25.1 Å². The number of nitrogens with one attached hydrogen (secondary N) is 1. The summed E-state index contributed by atoms with van der Waals surface area (Å²) in [6.07, 6.45) is 1.76. The van der Waals surface area contributed by atoms with E-state index in [0.717, 1.165) is 29.4 Å². The first-order valence-corrected chi connectivity index (χ1v) is 7.39. The van der Waals surface area contributed by atoms with Crippen LogP contribution in [0.1, 0.15) is 38.8 Å². The average molecular weight is 284 g/mol. The molecule has 0 atom stereocenters. The third-order valence-corrected chi connectivity index (χ3v) is 3.36. The molecule has 1 aromatic carbocycles. The fourth-order valence-electron chi connectivity index (χ4n) is 2.11. The van der Waals surface area contributed by atoms with Crippen LogP contribution in [0, 0.1) is 6.92 Å². The Kier molecular flexibility index (Phi) is 4.51. The summed E-state index contributed by atoms with van der Waals surface area (Å²) in [7, 11) is 0. The number of nitrogens with zero attached hydrogens (tertiary/aromatic N) is 1. The van der Waals surface area contributed by atoms with Gasteiger partial charge in [0.05, 0.1) is 0 Å². The summed E-state index contributed by atoms with van der Waals surface area (Å²) in [6.45, 7) is 11.6. The van der Waals surface area contributed by atoms with Gasteiger partial charge in [-0.2, -0.15) is 0 Å². The van der Waals surface area contributed by atoms with Crippen molar-refractivity contribution < 1.29 is 4.74 Å². The summed E-state index contributed by atoms with van der Waals surface area (Å²) in [6, 6.07) is 10.2. The monoisotopic (exact) mass is 284 g/mol. The van der Waals surface area contributed by atoms with Crippen LogP contribution in [-0.4, -0.2) is 11.5 Å². The highest BCUT2D eigenvalue weighted by Crippen LogP contribution is 2.30. The lowest BCUT2D eigenvalue weighted by Gasteiger charge is -2.20. The summed E-state index contributed by atoms with van der Waals surface area (Å²) in [5, 5.41) is 3.19. The topological polar surface area (TPSA) is 34.1 Å². The van der Waals surface area contributed by atoms with Gasteiger partial charge in [0.1, 0.15) is 17.3 Å². The van der Waals surface area contributed by atoms with Crippen molar-refractivity contribution in [3.8, 4) is 11.5 Å². The van der Waals surface area contributed by atoms with Gasteiger partial charge in [-0.25, -0.2) is 4.98 Å². The Morgan fingerprint density at radius 2 is 1.90 bits per heavy atom. The Labute approximate surface area is 127 Å². The Morgan fingerprint density at radius 1 is 1.14 bits per heavy atom. The Hall–Kier alpha value is -2.03. The van der Waals surface area contributed by atoms with Crippen LogP contribution in [0.15, 0.2) is 36.5 Å². The second-order valence-corrected chi connectivity index (χ2v) is 6.24. The Bertz CT molecular complexity index is 615. The van der Waals surface area contributed by atoms with E-state index in [-0.39, 0.29) is 5.41 Å². The van der Waals surface area contributed by atoms with Crippen molar-refractivity contribution in [2.24, 2.45) is 0 Å². The fourth-order valence-corrected chi connectivity index (χ4v) is 2.11. The predicted octanol–water partition coefficient (Wildman–Crippen LogP) is 4.91. The molecule has 0 saturated carbocycles. The van der Waals surface area contributed by atoms with Gasteiger partial charge in [0, 0.05) is 18.8 Å². The van der Waals surface area contributed by atoms with Crippen LogP contribution in [-0.2, 0) is 5.41 Å². The van der Waals surface area contributed by atoms with Crippen molar-refractivity contribution in [2.75, 3.05) is 11.9 Å². The van der Waals surface area contributed by atoms with E-state index >= 15 is 0 Å². The molecule has 0 amide bonds. The third kappa shape index (κ3) is 3.97. The lowest BCUT2D eigenvalue weighted by molar-refractivity contribution is 0.477. The van der Waals surface area contributed by atoms with Gasteiger partial charge in [-0.05, 0) is 42.5 Å². The standard InChI is InChI=1S/C18H24N2O/c1-6-19-17-12-15(9-10-20-17)21-16-8-7-14(11-13(16)2)18(3,4)5/h7-12H,6H2,1-5H3,(H,19,20). The fraction of sp³-hybridized carbons (Fsp3) is 0.389. The summed E-state index contributed by atoms with van der Waals surface area (Å²) in [4.78, 5) is 4.25. The number of aryl methyl sites for hydroxylation is 1. The third-order valence-electron chi connectivity index (χ3n) is 3.36. The molecule has 3 nitrogen and oxygen atoms in total. The first-order chi connectivity index (χ1) is 9.90. The Balaban J connectivity index is 2.22. The van der Waals surface area contributed by atoms with Crippen LogP contribution in [0.5, 0.6) is 11.5 Å². The maximum Gasteiger partial charge on any atom is 0.132 e. The molecule has 112 valence electrons. The normalized spacial score (nSPS) is 11.3. The van der Waals surface area contributed by atoms with E-state index in [2.05, 4.69) is 50.1 Å². The van der Waals surface area contributed by atoms with Crippen molar-refractivity contribution in [3.63, 3.8) is 0 Å². The van der Waals surface area contributed by atoms with E-state index < -0.39 is 0 Å².